The van der Waals surface area contributed by atoms with E-state index >= 15 is 0 Å². The first-order valence-corrected chi connectivity index (χ1v) is 7.87. The molecule has 1 aromatic heterocycles. The van der Waals surface area contributed by atoms with Crippen molar-refractivity contribution in [3.8, 4) is 11.3 Å². The second kappa shape index (κ2) is 7.05. The average molecular weight is 305 g/mol. The smallest absolute Gasteiger partial charge is 0.306 e. The Morgan fingerprint density at radius 1 is 1.04 bits per heavy atom. The van der Waals surface area contributed by atoms with Gasteiger partial charge in [0.15, 0.2) is 0 Å². The van der Waals surface area contributed by atoms with Crippen molar-refractivity contribution in [1.82, 2.24) is 4.98 Å². The van der Waals surface area contributed by atoms with Gasteiger partial charge in [0.2, 0.25) is 0 Å². The Balaban J connectivity index is 1.99. The van der Waals surface area contributed by atoms with Gasteiger partial charge in [0.05, 0.1) is 18.7 Å². The van der Waals surface area contributed by atoms with Gasteiger partial charge in [0.25, 0.3) is 0 Å². The maximum atomic E-state index is 11.6. The van der Waals surface area contributed by atoms with E-state index in [4.69, 9.17) is 9.72 Å². The molecule has 0 N–H and O–H groups in total. The van der Waals surface area contributed by atoms with Gasteiger partial charge in [-0.05, 0) is 18.4 Å². The van der Waals surface area contributed by atoms with E-state index in [1.807, 2.05) is 37.3 Å². The third kappa shape index (κ3) is 3.57. The largest absolute Gasteiger partial charge is 0.466 e. The Bertz CT molecular complexity index is 812. The zero-order valence-electron chi connectivity index (χ0n) is 13.2. The molecule has 1 heterocycles. The Morgan fingerprint density at radius 2 is 1.78 bits per heavy atom. The first-order valence-electron chi connectivity index (χ1n) is 7.87. The highest BCUT2D eigenvalue weighted by atomic mass is 16.5. The van der Waals surface area contributed by atoms with Crippen LogP contribution >= 0.6 is 0 Å². The molecule has 0 aliphatic carbocycles. The number of esters is 1. The SMILES string of the molecule is CCOC(=O)CCc1cc2ccccc2c(-c2ccccc2)n1. The molecule has 0 saturated carbocycles. The second-order valence-electron chi connectivity index (χ2n) is 5.35. The monoisotopic (exact) mass is 305 g/mol. The van der Waals surface area contributed by atoms with Crippen LogP contribution in [0.15, 0.2) is 60.7 Å². The van der Waals surface area contributed by atoms with Crippen LogP contribution in [0, 0.1) is 0 Å². The van der Waals surface area contributed by atoms with E-state index in [1.165, 1.54) is 0 Å². The molecule has 0 aliphatic rings. The van der Waals surface area contributed by atoms with E-state index < -0.39 is 0 Å². The number of aromatic nitrogens is 1. The quantitative estimate of drug-likeness (QED) is 0.656. The topological polar surface area (TPSA) is 39.2 Å². The van der Waals surface area contributed by atoms with Crippen LogP contribution in [0.25, 0.3) is 22.0 Å². The minimum atomic E-state index is -0.177. The molecular weight excluding hydrogens is 286 g/mol. The summed E-state index contributed by atoms with van der Waals surface area (Å²) in [6.07, 6.45) is 0.941. The van der Waals surface area contributed by atoms with Crippen LogP contribution in [0.1, 0.15) is 19.0 Å². The van der Waals surface area contributed by atoms with Crippen molar-refractivity contribution in [2.75, 3.05) is 6.61 Å². The Morgan fingerprint density at radius 3 is 2.57 bits per heavy atom. The maximum Gasteiger partial charge on any atom is 0.306 e. The van der Waals surface area contributed by atoms with E-state index in [1.54, 1.807) is 0 Å². The van der Waals surface area contributed by atoms with Crippen molar-refractivity contribution in [1.29, 1.82) is 0 Å². The number of nitrogens with zero attached hydrogens (tertiary/aromatic N) is 1. The van der Waals surface area contributed by atoms with Crippen LogP contribution in [0.3, 0.4) is 0 Å². The number of hydrogen-bond donors (Lipinski definition) is 0. The molecule has 0 spiro atoms. The number of carbonyl (C=O) groups is 1. The molecule has 3 aromatic rings. The van der Waals surface area contributed by atoms with Crippen molar-refractivity contribution in [2.45, 2.75) is 19.8 Å². The van der Waals surface area contributed by atoms with Crippen molar-refractivity contribution < 1.29 is 9.53 Å². The molecule has 23 heavy (non-hydrogen) atoms. The number of hydrogen-bond acceptors (Lipinski definition) is 3. The molecule has 0 radical (unpaired) electrons. The summed E-state index contributed by atoms with van der Waals surface area (Å²) < 4.78 is 5.00. The molecule has 3 heteroatoms. The van der Waals surface area contributed by atoms with Gasteiger partial charge in [-0.15, -0.1) is 0 Å². The molecule has 0 aliphatic heterocycles. The number of rotatable bonds is 5. The third-order valence-electron chi connectivity index (χ3n) is 3.73. The van der Waals surface area contributed by atoms with Gasteiger partial charge in [-0.2, -0.15) is 0 Å². The van der Waals surface area contributed by atoms with Gasteiger partial charge in [0.1, 0.15) is 0 Å². The lowest BCUT2D eigenvalue weighted by molar-refractivity contribution is -0.143. The lowest BCUT2D eigenvalue weighted by Gasteiger charge is -2.10. The van der Waals surface area contributed by atoms with E-state index in [9.17, 15) is 4.79 Å². The van der Waals surface area contributed by atoms with Crippen molar-refractivity contribution in [3.05, 3.63) is 66.4 Å². The highest BCUT2D eigenvalue weighted by molar-refractivity contribution is 5.94. The fourth-order valence-corrected chi connectivity index (χ4v) is 2.66. The lowest BCUT2D eigenvalue weighted by Crippen LogP contribution is -2.06. The maximum absolute atomic E-state index is 11.6. The number of pyridine rings is 1. The molecule has 0 fully saturated rings. The van der Waals surface area contributed by atoms with E-state index in [2.05, 4.69) is 30.3 Å². The fourth-order valence-electron chi connectivity index (χ4n) is 2.66. The number of aryl methyl sites for hydroxylation is 1. The second-order valence-corrected chi connectivity index (χ2v) is 5.35. The molecule has 2 aromatic carbocycles. The van der Waals surface area contributed by atoms with Crippen LogP contribution in [0.4, 0.5) is 0 Å². The van der Waals surface area contributed by atoms with E-state index in [0.29, 0.717) is 19.4 Å². The third-order valence-corrected chi connectivity index (χ3v) is 3.73. The molecule has 0 bridgehead atoms. The van der Waals surface area contributed by atoms with Crippen LogP contribution in [0.2, 0.25) is 0 Å². The standard InChI is InChI=1S/C20H19NO2/c1-2-23-19(22)13-12-17-14-16-10-6-7-11-18(16)20(21-17)15-8-4-3-5-9-15/h3-11,14H,2,12-13H2,1H3. The summed E-state index contributed by atoms with van der Waals surface area (Å²) in [6.45, 7) is 2.24. The summed E-state index contributed by atoms with van der Waals surface area (Å²) in [7, 11) is 0. The molecule has 0 saturated heterocycles. The highest BCUT2D eigenvalue weighted by Gasteiger charge is 2.10. The number of fused-ring (bicyclic) bond motifs is 1. The van der Waals surface area contributed by atoms with Gasteiger partial charge in [0, 0.05) is 23.1 Å². The predicted molar refractivity (Wildman–Crippen MR) is 92.1 cm³/mol. The number of benzene rings is 2. The molecule has 116 valence electrons. The van der Waals surface area contributed by atoms with Gasteiger partial charge < -0.3 is 4.74 Å². The molecule has 0 amide bonds. The zero-order valence-corrected chi connectivity index (χ0v) is 13.2. The zero-order chi connectivity index (χ0) is 16.1. The van der Waals surface area contributed by atoms with Gasteiger partial charge in [-0.25, -0.2) is 0 Å². The molecular formula is C20H19NO2. The summed E-state index contributed by atoms with van der Waals surface area (Å²) >= 11 is 0. The summed E-state index contributed by atoms with van der Waals surface area (Å²) in [5, 5.41) is 2.26. The average Bonchev–Trinajstić information content (AvgIpc) is 2.60. The number of carbonyl (C=O) groups excluding carboxylic acids is 1. The van der Waals surface area contributed by atoms with Crippen LogP contribution in [-0.4, -0.2) is 17.6 Å². The normalized spacial score (nSPS) is 10.7. The summed E-state index contributed by atoms with van der Waals surface area (Å²) in [5.41, 5.74) is 2.96. The Kier molecular flexibility index (Phi) is 4.67. The Labute approximate surface area is 135 Å². The predicted octanol–water partition coefficient (Wildman–Crippen LogP) is 4.40. The van der Waals surface area contributed by atoms with Crippen molar-refractivity contribution in [2.24, 2.45) is 0 Å². The van der Waals surface area contributed by atoms with Gasteiger partial charge in [-0.3, -0.25) is 9.78 Å². The van der Waals surface area contributed by atoms with Gasteiger partial charge >= 0.3 is 5.97 Å². The molecule has 0 unspecified atom stereocenters. The number of ether oxygens (including phenoxy) is 1. The summed E-state index contributed by atoms with van der Waals surface area (Å²) in [6, 6.07) is 20.4. The first kappa shape index (κ1) is 15.2. The van der Waals surface area contributed by atoms with Crippen LogP contribution < -0.4 is 0 Å². The van der Waals surface area contributed by atoms with Gasteiger partial charge in [-0.1, -0.05) is 54.6 Å². The van der Waals surface area contributed by atoms with Crippen molar-refractivity contribution >= 4 is 16.7 Å². The van der Waals surface area contributed by atoms with E-state index in [0.717, 1.165) is 27.7 Å². The van der Waals surface area contributed by atoms with Crippen molar-refractivity contribution in [3.63, 3.8) is 0 Å². The Hall–Kier alpha value is -2.68. The summed E-state index contributed by atoms with van der Waals surface area (Å²) in [5.74, 6) is -0.177. The van der Waals surface area contributed by atoms with E-state index in [-0.39, 0.29) is 5.97 Å². The molecule has 3 rings (SSSR count). The lowest BCUT2D eigenvalue weighted by atomic mass is 10.0. The molecule has 0 atom stereocenters. The summed E-state index contributed by atoms with van der Waals surface area (Å²) in [4.78, 5) is 16.4. The minimum absolute atomic E-state index is 0.177. The van der Waals surface area contributed by atoms with Crippen LogP contribution in [-0.2, 0) is 16.0 Å². The van der Waals surface area contributed by atoms with Crippen LogP contribution in [0.5, 0.6) is 0 Å². The molecule has 3 nitrogen and oxygen atoms in total. The first-order chi connectivity index (χ1) is 11.3. The fraction of sp³-hybridized carbons (Fsp3) is 0.200. The highest BCUT2D eigenvalue weighted by Crippen LogP contribution is 2.27. The minimum Gasteiger partial charge on any atom is -0.466 e.